The molecule has 0 atom stereocenters. The van der Waals surface area contributed by atoms with Gasteiger partial charge < -0.3 is 0 Å². The molecule has 0 radical (unpaired) electrons. The second-order valence-corrected chi connectivity index (χ2v) is 6.03. The van der Waals surface area contributed by atoms with Crippen LogP contribution in [0.1, 0.15) is 20.7 Å². The maximum atomic E-state index is 13.7. The van der Waals surface area contributed by atoms with Crippen molar-refractivity contribution in [1.29, 1.82) is 0 Å². The summed E-state index contributed by atoms with van der Waals surface area (Å²) in [5.74, 6) is -1.47. The fraction of sp³-hybridized carbons (Fsp3) is 0. The molecular weight excluding hydrogens is 389 g/mol. The molecule has 0 saturated heterocycles. The Balaban J connectivity index is 1.66. The third-order valence-corrected chi connectivity index (χ3v) is 4.00. The summed E-state index contributed by atoms with van der Waals surface area (Å²) < 4.78 is 14.9. The number of hydrogen-bond donors (Lipinski definition) is 2. The Morgan fingerprint density at radius 1 is 0.833 bits per heavy atom. The molecule has 30 heavy (non-hydrogen) atoms. The van der Waals surface area contributed by atoms with Crippen LogP contribution in [0.2, 0.25) is 0 Å². The molecule has 148 valence electrons. The van der Waals surface area contributed by atoms with E-state index in [1.54, 1.807) is 6.07 Å². The van der Waals surface area contributed by atoms with Crippen molar-refractivity contribution in [2.24, 2.45) is 0 Å². The van der Waals surface area contributed by atoms with Crippen molar-refractivity contribution in [3.05, 3.63) is 90.3 Å². The average molecular weight is 403 g/mol. The van der Waals surface area contributed by atoms with Crippen LogP contribution >= 0.6 is 0 Å². The first kappa shape index (κ1) is 18.9. The van der Waals surface area contributed by atoms with E-state index in [0.29, 0.717) is 16.8 Å². The largest absolute Gasteiger partial charge is 0.290 e. The number of nitrogens with one attached hydrogen (secondary N) is 2. The van der Waals surface area contributed by atoms with Crippen molar-refractivity contribution in [2.45, 2.75) is 0 Å². The third kappa shape index (κ3) is 4.17. The smallest absolute Gasteiger partial charge is 0.258 e. The van der Waals surface area contributed by atoms with Crippen LogP contribution in [0.5, 0.6) is 0 Å². The lowest BCUT2D eigenvalue weighted by Crippen LogP contribution is -2.16. The van der Waals surface area contributed by atoms with E-state index >= 15 is 0 Å². The monoisotopic (exact) mass is 403 g/mol. The molecule has 0 spiro atoms. The summed E-state index contributed by atoms with van der Waals surface area (Å²) >= 11 is 0. The molecule has 0 aliphatic carbocycles. The maximum Gasteiger partial charge on any atom is 0.258 e. The van der Waals surface area contributed by atoms with E-state index in [1.165, 1.54) is 71.9 Å². The lowest BCUT2D eigenvalue weighted by atomic mass is 10.2. The highest BCUT2D eigenvalue weighted by Gasteiger charge is 2.18. The Labute approximate surface area is 169 Å². The fourth-order valence-corrected chi connectivity index (χ4v) is 2.59. The number of carbonyl (C=O) groups excluding carboxylic acids is 2. The molecule has 2 amide bonds. The predicted molar refractivity (Wildman–Crippen MR) is 106 cm³/mol. The molecule has 0 bridgehead atoms. The second-order valence-electron chi connectivity index (χ2n) is 6.03. The number of benzene rings is 1. The predicted octanol–water partition coefficient (Wildman–Crippen LogP) is 2.70. The highest BCUT2D eigenvalue weighted by Crippen LogP contribution is 2.18. The molecule has 3 heterocycles. The average Bonchev–Trinajstić information content (AvgIpc) is 3.17. The molecule has 9 nitrogen and oxygen atoms in total. The number of rotatable bonds is 5. The molecule has 0 aliphatic rings. The summed E-state index contributed by atoms with van der Waals surface area (Å²) in [7, 11) is 0. The molecule has 4 rings (SSSR count). The van der Waals surface area contributed by atoms with Gasteiger partial charge in [-0.15, -0.1) is 5.10 Å². The summed E-state index contributed by atoms with van der Waals surface area (Å²) in [6.45, 7) is 0. The maximum absolute atomic E-state index is 13.7. The highest BCUT2D eigenvalue weighted by molar-refractivity contribution is 6.04. The van der Waals surface area contributed by atoms with Crippen molar-refractivity contribution in [3.63, 3.8) is 0 Å². The Bertz CT molecular complexity index is 1200. The molecule has 4 aromatic rings. The summed E-state index contributed by atoms with van der Waals surface area (Å²) in [5, 5.41) is 9.37. The van der Waals surface area contributed by atoms with Gasteiger partial charge >= 0.3 is 0 Å². The number of amides is 2. The number of nitrogens with zero attached hydrogens (tertiary/aromatic N) is 5. The number of aromatic nitrogens is 5. The quantitative estimate of drug-likeness (QED) is 0.530. The van der Waals surface area contributed by atoms with Crippen molar-refractivity contribution in [1.82, 2.24) is 24.7 Å². The lowest BCUT2D eigenvalue weighted by Gasteiger charge is -2.07. The van der Waals surface area contributed by atoms with Gasteiger partial charge in [-0.1, -0.05) is 6.07 Å². The van der Waals surface area contributed by atoms with Gasteiger partial charge in [0.2, 0.25) is 5.95 Å². The Morgan fingerprint density at radius 2 is 1.43 bits per heavy atom. The molecule has 1 aromatic carbocycles. The van der Waals surface area contributed by atoms with Gasteiger partial charge in [-0.25, -0.2) is 4.39 Å². The number of pyridine rings is 2. The molecule has 2 N–H and O–H groups in total. The van der Waals surface area contributed by atoms with Gasteiger partial charge in [0.1, 0.15) is 5.82 Å². The van der Waals surface area contributed by atoms with Crippen LogP contribution in [0.4, 0.5) is 16.3 Å². The highest BCUT2D eigenvalue weighted by atomic mass is 19.1. The van der Waals surface area contributed by atoms with E-state index in [0.717, 1.165) is 0 Å². The van der Waals surface area contributed by atoms with E-state index in [1.807, 2.05) is 0 Å². The minimum absolute atomic E-state index is 0.00689. The topological polar surface area (TPSA) is 115 Å². The van der Waals surface area contributed by atoms with E-state index < -0.39 is 17.6 Å². The SMILES string of the molecule is O=C(Nc1nc(NC(=O)c2ccncc2)n(-c2cccc(F)c2)n1)c1ccncc1. The molecule has 10 heteroatoms. The Kier molecular flexibility index (Phi) is 5.20. The second kappa shape index (κ2) is 8.27. The molecular formula is C20H14FN7O2. The van der Waals surface area contributed by atoms with Crippen LogP contribution < -0.4 is 10.6 Å². The normalized spacial score (nSPS) is 10.4. The Hall–Kier alpha value is -4.47. The number of hydrogen-bond acceptors (Lipinski definition) is 6. The van der Waals surface area contributed by atoms with Crippen LogP contribution in [0.3, 0.4) is 0 Å². The lowest BCUT2D eigenvalue weighted by molar-refractivity contribution is 0.101. The van der Waals surface area contributed by atoms with Gasteiger partial charge in [0.25, 0.3) is 17.8 Å². The molecule has 0 unspecified atom stereocenters. The summed E-state index contributed by atoms with van der Waals surface area (Å²) in [6, 6.07) is 11.7. The first-order chi connectivity index (χ1) is 14.6. The first-order valence-corrected chi connectivity index (χ1v) is 8.76. The van der Waals surface area contributed by atoms with Crippen molar-refractivity contribution in [2.75, 3.05) is 10.6 Å². The van der Waals surface area contributed by atoms with Crippen LogP contribution in [0.15, 0.2) is 73.3 Å². The molecule has 3 aromatic heterocycles. The van der Waals surface area contributed by atoms with Crippen molar-refractivity contribution < 1.29 is 14.0 Å². The van der Waals surface area contributed by atoms with Gasteiger partial charge in [0.15, 0.2) is 0 Å². The van der Waals surface area contributed by atoms with Crippen LogP contribution in [-0.2, 0) is 0 Å². The van der Waals surface area contributed by atoms with Gasteiger partial charge in [-0.3, -0.25) is 30.2 Å². The van der Waals surface area contributed by atoms with E-state index in [-0.39, 0.29) is 11.9 Å². The molecule has 0 aliphatic heterocycles. The van der Waals surface area contributed by atoms with Gasteiger partial charge in [0, 0.05) is 35.9 Å². The zero-order valence-corrected chi connectivity index (χ0v) is 15.4. The minimum Gasteiger partial charge on any atom is -0.290 e. The Morgan fingerprint density at radius 3 is 2.03 bits per heavy atom. The number of anilines is 2. The van der Waals surface area contributed by atoms with Crippen LogP contribution in [-0.4, -0.2) is 36.5 Å². The summed E-state index contributed by atoms with van der Waals surface area (Å²) in [5.41, 5.74) is 1.02. The summed E-state index contributed by atoms with van der Waals surface area (Å²) in [6.07, 6.45) is 5.92. The van der Waals surface area contributed by atoms with Crippen LogP contribution in [0, 0.1) is 5.82 Å². The van der Waals surface area contributed by atoms with E-state index in [2.05, 4.69) is 30.7 Å². The molecule has 0 saturated carbocycles. The minimum atomic E-state index is -0.489. The van der Waals surface area contributed by atoms with Gasteiger partial charge in [-0.2, -0.15) is 9.67 Å². The van der Waals surface area contributed by atoms with E-state index in [4.69, 9.17) is 0 Å². The summed E-state index contributed by atoms with van der Waals surface area (Å²) in [4.78, 5) is 36.8. The van der Waals surface area contributed by atoms with Crippen molar-refractivity contribution in [3.8, 4) is 5.69 Å². The first-order valence-electron chi connectivity index (χ1n) is 8.76. The number of carbonyl (C=O) groups is 2. The third-order valence-electron chi connectivity index (χ3n) is 4.00. The van der Waals surface area contributed by atoms with E-state index in [9.17, 15) is 14.0 Å². The fourth-order valence-electron chi connectivity index (χ4n) is 2.59. The zero-order valence-electron chi connectivity index (χ0n) is 15.4. The van der Waals surface area contributed by atoms with Gasteiger partial charge in [0.05, 0.1) is 5.69 Å². The van der Waals surface area contributed by atoms with Crippen molar-refractivity contribution >= 4 is 23.7 Å². The van der Waals surface area contributed by atoms with Crippen LogP contribution in [0.25, 0.3) is 5.69 Å². The zero-order chi connectivity index (χ0) is 20.9. The van der Waals surface area contributed by atoms with Gasteiger partial charge in [-0.05, 0) is 42.5 Å². The number of halogens is 1. The molecule has 0 fully saturated rings. The standard InChI is InChI=1S/C20H14FN7O2/c21-15-2-1-3-16(12-15)28-20(25-18(30)14-6-10-23-11-7-14)26-19(27-28)24-17(29)13-4-8-22-9-5-13/h1-12H,(H2,24,25,26,27,29,30).